The van der Waals surface area contributed by atoms with Crippen molar-refractivity contribution < 1.29 is 14.3 Å². The van der Waals surface area contributed by atoms with Gasteiger partial charge in [-0.25, -0.2) is 0 Å². The molecule has 0 spiro atoms. The van der Waals surface area contributed by atoms with Crippen molar-refractivity contribution in [2.45, 2.75) is 111 Å². The van der Waals surface area contributed by atoms with E-state index in [1.165, 1.54) is 57.8 Å². The molecule has 4 heteroatoms. The SMILES string of the molecule is CCCCCCCCCCCCCOC(=O)CCCC(=O)N(c1ccc(C)cc1)c1ccc(C)cc1. The zero-order chi connectivity index (χ0) is 26.0. The Kier molecular flexibility index (Phi) is 14.6. The van der Waals surface area contributed by atoms with Crippen LogP contribution in [0.4, 0.5) is 11.4 Å². The number of hydrogen-bond acceptors (Lipinski definition) is 3. The largest absolute Gasteiger partial charge is 0.466 e. The summed E-state index contributed by atoms with van der Waals surface area (Å²) in [5.41, 5.74) is 3.98. The molecule has 0 aromatic heterocycles. The van der Waals surface area contributed by atoms with Gasteiger partial charge in [-0.05, 0) is 51.0 Å². The van der Waals surface area contributed by atoms with Gasteiger partial charge in [-0.1, -0.05) is 107 Å². The summed E-state index contributed by atoms with van der Waals surface area (Å²) in [4.78, 5) is 27.0. The minimum absolute atomic E-state index is 0.0131. The first-order chi connectivity index (χ1) is 17.5. The highest BCUT2D eigenvalue weighted by Crippen LogP contribution is 2.27. The van der Waals surface area contributed by atoms with Crippen LogP contribution in [0, 0.1) is 13.8 Å². The normalized spacial score (nSPS) is 10.9. The summed E-state index contributed by atoms with van der Waals surface area (Å²) in [6.07, 6.45) is 15.1. The highest BCUT2D eigenvalue weighted by molar-refractivity contribution is 6.00. The fourth-order valence-electron chi connectivity index (χ4n) is 4.34. The van der Waals surface area contributed by atoms with Gasteiger partial charge in [-0.3, -0.25) is 14.5 Å². The van der Waals surface area contributed by atoms with Crippen molar-refractivity contribution in [1.82, 2.24) is 0 Å². The number of rotatable bonds is 18. The molecular formula is C32H47NO3. The number of hydrogen-bond donors (Lipinski definition) is 0. The number of nitrogens with zero attached hydrogens (tertiary/aromatic N) is 1. The second-order valence-corrected chi connectivity index (χ2v) is 10.0. The summed E-state index contributed by atoms with van der Waals surface area (Å²) in [5, 5.41) is 0. The molecule has 1 amide bonds. The smallest absolute Gasteiger partial charge is 0.305 e. The van der Waals surface area contributed by atoms with Crippen LogP contribution in [-0.2, 0) is 14.3 Å². The van der Waals surface area contributed by atoms with Crippen molar-refractivity contribution in [2.24, 2.45) is 0 Å². The molecule has 0 heterocycles. The van der Waals surface area contributed by atoms with Crippen molar-refractivity contribution in [2.75, 3.05) is 11.5 Å². The van der Waals surface area contributed by atoms with E-state index in [9.17, 15) is 9.59 Å². The maximum Gasteiger partial charge on any atom is 0.305 e. The lowest BCUT2D eigenvalue weighted by molar-refractivity contribution is -0.143. The predicted molar refractivity (Wildman–Crippen MR) is 151 cm³/mol. The van der Waals surface area contributed by atoms with E-state index in [1.54, 1.807) is 4.90 Å². The van der Waals surface area contributed by atoms with E-state index in [0.717, 1.165) is 35.3 Å². The van der Waals surface area contributed by atoms with E-state index < -0.39 is 0 Å². The van der Waals surface area contributed by atoms with Gasteiger partial charge < -0.3 is 4.74 Å². The van der Waals surface area contributed by atoms with Crippen LogP contribution in [0.2, 0.25) is 0 Å². The van der Waals surface area contributed by atoms with Crippen LogP contribution in [0.1, 0.15) is 108 Å². The van der Waals surface area contributed by atoms with Gasteiger partial charge in [0.25, 0.3) is 0 Å². The fraction of sp³-hybridized carbons (Fsp3) is 0.562. The van der Waals surface area contributed by atoms with Crippen molar-refractivity contribution in [3.05, 3.63) is 59.7 Å². The second-order valence-electron chi connectivity index (χ2n) is 10.0. The summed E-state index contributed by atoms with van der Waals surface area (Å²) in [6, 6.07) is 15.9. The maximum absolute atomic E-state index is 13.1. The third-order valence-electron chi connectivity index (χ3n) is 6.62. The summed E-state index contributed by atoms with van der Waals surface area (Å²) in [7, 11) is 0. The molecule has 4 nitrogen and oxygen atoms in total. The molecule has 0 aliphatic heterocycles. The Labute approximate surface area is 219 Å². The molecule has 0 saturated carbocycles. The summed E-state index contributed by atoms with van der Waals surface area (Å²) in [5.74, 6) is -0.215. The number of ether oxygens (including phenoxy) is 1. The van der Waals surface area contributed by atoms with Gasteiger partial charge in [0.2, 0.25) is 5.91 Å². The summed E-state index contributed by atoms with van der Waals surface area (Å²) < 4.78 is 5.40. The van der Waals surface area contributed by atoms with Crippen LogP contribution in [0.25, 0.3) is 0 Å². The molecule has 0 aliphatic rings. The van der Waals surface area contributed by atoms with Crippen LogP contribution < -0.4 is 4.90 Å². The Morgan fingerprint density at radius 1 is 0.611 bits per heavy atom. The van der Waals surface area contributed by atoms with E-state index in [4.69, 9.17) is 4.74 Å². The van der Waals surface area contributed by atoms with E-state index in [0.29, 0.717) is 19.4 Å². The van der Waals surface area contributed by atoms with E-state index in [2.05, 4.69) is 6.92 Å². The molecule has 0 fully saturated rings. The average Bonchev–Trinajstić information content (AvgIpc) is 2.87. The Hall–Kier alpha value is -2.62. The topological polar surface area (TPSA) is 46.6 Å². The molecule has 36 heavy (non-hydrogen) atoms. The number of carbonyl (C=O) groups is 2. The summed E-state index contributed by atoms with van der Waals surface area (Å²) in [6.45, 7) is 6.81. The minimum Gasteiger partial charge on any atom is -0.466 e. The Bertz CT molecular complexity index is 828. The second kappa shape index (κ2) is 17.8. The minimum atomic E-state index is -0.202. The van der Waals surface area contributed by atoms with Crippen LogP contribution >= 0.6 is 0 Å². The number of amides is 1. The lowest BCUT2D eigenvalue weighted by Gasteiger charge is -2.23. The molecule has 2 aromatic carbocycles. The number of benzene rings is 2. The Morgan fingerprint density at radius 3 is 1.53 bits per heavy atom. The molecule has 198 valence electrons. The number of anilines is 2. The molecular weight excluding hydrogens is 446 g/mol. The van der Waals surface area contributed by atoms with Gasteiger partial charge in [0.05, 0.1) is 6.61 Å². The third kappa shape index (κ3) is 11.9. The van der Waals surface area contributed by atoms with Gasteiger partial charge in [0, 0.05) is 24.2 Å². The molecule has 0 radical (unpaired) electrons. The van der Waals surface area contributed by atoms with Gasteiger partial charge in [0.1, 0.15) is 0 Å². The third-order valence-corrected chi connectivity index (χ3v) is 6.62. The zero-order valence-electron chi connectivity index (χ0n) is 22.9. The van der Waals surface area contributed by atoms with Crippen molar-refractivity contribution in [3.63, 3.8) is 0 Å². The molecule has 2 rings (SSSR count). The van der Waals surface area contributed by atoms with E-state index in [1.807, 2.05) is 62.4 Å². The van der Waals surface area contributed by atoms with Gasteiger partial charge in [-0.15, -0.1) is 0 Å². The fourth-order valence-corrected chi connectivity index (χ4v) is 4.34. The molecule has 0 N–H and O–H groups in total. The first kappa shape index (κ1) is 29.6. The first-order valence-corrected chi connectivity index (χ1v) is 14.1. The molecule has 0 saturated heterocycles. The highest BCUT2D eigenvalue weighted by Gasteiger charge is 2.18. The molecule has 0 unspecified atom stereocenters. The zero-order valence-corrected chi connectivity index (χ0v) is 22.9. The van der Waals surface area contributed by atoms with Gasteiger partial charge >= 0.3 is 5.97 Å². The van der Waals surface area contributed by atoms with Gasteiger partial charge in [-0.2, -0.15) is 0 Å². The monoisotopic (exact) mass is 493 g/mol. The number of aryl methyl sites for hydroxylation is 2. The molecule has 0 atom stereocenters. The quantitative estimate of drug-likeness (QED) is 0.154. The standard InChI is InChI=1S/C32H47NO3/c1-4-5-6-7-8-9-10-11-12-13-14-26-36-32(35)17-15-16-31(34)33(29-22-18-27(2)19-23-29)30-24-20-28(3)21-25-30/h18-25H,4-17,26H2,1-3H3. The van der Waals surface area contributed by atoms with Crippen LogP contribution in [0.15, 0.2) is 48.5 Å². The van der Waals surface area contributed by atoms with Gasteiger partial charge in [0.15, 0.2) is 0 Å². The summed E-state index contributed by atoms with van der Waals surface area (Å²) >= 11 is 0. The number of unbranched alkanes of at least 4 members (excludes halogenated alkanes) is 10. The maximum atomic E-state index is 13.1. The van der Waals surface area contributed by atoms with Crippen LogP contribution in [0.3, 0.4) is 0 Å². The highest BCUT2D eigenvalue weighted by atomic mass is 16.5. The molecule has 0 aliphatic carbocycles. The lowest BCUT2D eigenvalue weighted by Crippen LogP contribution is -2.25. The Morgan fingerprint density at radius 2 is 1.06 bits per heavy atom. The van der Waals surface area contributed by atoms with Crippen LogP contribution in [-0.4, -0.2) is 18.5 Å². The van der Waals surface area contributed by atoms with Crippen molar-refractivity contribution in [1.29, 1.82) is 0 Å². The predicted octanol–water partition coefficient (Wildman–Crippen LogP) is 8.99. The average molecular weight is 494 g/mol. The first-order valence-electron chi connectivity index (χ1n) is 14.1. The van der Waals surface area contributed by atoms with Crippen molar-refractivity contribution in [3.8, 4) is 0 Å². The van der Waals surface area contributed by atoms with E-state index >= 15 is 0 Å². The molecule has 2 aromatic rings. The van der Waals surface area contributed by atoms with Crippen molar-refractivity contribution >= 4 is 23.3 Å². The number of carbonyl (C=O) groups excluding carboxylic acids is 2. The molecule has 0 bridgehead atoms. The lowest BCUT2D eigenvalue weighted by atomic mass is 10.1. The van der Waals surface area contributed by atoms with Crippen LogP contribution in [0.5, 0.6) is 0 Å². The number of esters is 1. The van der Waals surface area contributed by atoms with E-state index in [-0.39, 0.29) is 18.3 Å². The Balaban J connectivity index is 1.63.